The van der Waals surface area contributed by atoms with E-state index in [-0.39, 0.29) is 13.0 Å². The van der Waals surface area contributed by atoms with Gasteiger partial charge in [-0.15, -0.1) is 0 Å². The van der Waals surface area contributed by atoms with E-state index in [1.165, 1.54) is 0 Å². The minimum atomic E-state index is -1.59. The molecule has 16 heteroatoms. The Morgan fingerprint density at radius 2 is 1.59 bits per heavy atom. The third-order valence-corrected chi connectivity index (χ3v) is 5.10. The van der Waals surface area contributed by atoms with Crippen molar-refractivity contribution < 1.29 is 43.5 Å². The lowest BCUT2D eigenvalue weighted by molar-refractivity contribution is -0.384. The molecule has 3 atom stereocenters. The summed E-state index contributed by atoms with van der Waals surface area (Å²) in [6.45, 7) is -0.536. The van der Waals surface area contributed by atoms with Crippen molar-refractivity contribution in [1.29, 1.82) is 0 Å². The van der Waals surface area contributed by atoms with Crippen LogP contribution in [-0.4, -0.2) is 76.0 Å². The van der Waals surface area contributed by atoms with E-state index >= 15 is 0 Å². The van der Waals surface area contributed by atoms with Crippen molar-refractivity contribution in [2.75, 3.05) is 13.2 Å². The number of nitrogens with zero attached hydrogens (tertiary/aromatic N) is 1. The quantitative estimate of drug-likeness (QED) is 0.0724. The first kappa shape index (κ1) is 30.9. The van der Waals surface area contributed by atoms with Gasteiger partial charge in [-0.05, 0) is 38.3 Å². The van der Waals surface area contributed by atoms with Gasteiger partial charge in [-0.25, -0.2) is 4.39 Å². The first-order valence-corrected chi connectivity index (χ1v) is 11.1. The Bertz CT molecular complexity index is 1020. The highest BCUT2D eigenvalue weighted by atomic mass is 19.1. The van der Waals surface area contributed by atoms with Crippen molar-refractivity contribution in [3.8, 4) is 0 Å². The fourth-order valence-corrected chi connectivity index (χ4v) is 3.09. The number of aliphatic hydroxyl groups excluding tert-OH is 1. The highest BCUT2D eigenvalue weighted by molar-refractivity contribution is 5.99. The van der Waals surface area contributed by atoms with Crippen molar-refractivity contribution in [3.63, 3.8) is 0 Å². The SMILES string of the molecule is NCCCCC(NC(=O)C(CCC(=O)O)NC(=O)c1cc([N+](=O)[O-])ccc1F)C(=O)N[C@@H](CO)C(N)=O. The lowest BCUT2D eigenvalue weighted by Gasteiger charge is -2.24. The molecule has 0 aliphatic carbocycles. The number of carbonyl (C=O) groups excluding carboxylic acids is 4. The molecule has 15 nitrogen and oxygen atoms in total. The van der Waals surface area contributed by atoms with Crippen LogP contribution in [0, 0.1) is 15.9 Å². The molecule has 1 rings (SSSR count). The molecule has 0 aliphatic heterocycles. The number of amides is 4. The summed E-state index contributed by atoms with van der Waals surface area (Å²) in [5, 5.41) is 35.8. The zero-order valence-electron chi connectivity index (χ0n) is 19.6. The summed E-state index contributed by atoms with van der Waals surface area (Å²) < 4.78 is 14.2. The van der Waals surface area contributed by atoms with Gasteiger partial charge in [0.25, 0.3) is 11.6 Å². The maximum Gasteiger partial charge on any atom is 0.303 e. The first-order chi connectivity index (χ1) is 17.4. The topological polar surface area (TPSA) is 257 Å². The van der Waals surface area contributed by atoms with Gasteiger partial charge >= 0.3 is 5.97 Å². The molecular weight excluding hydrogens is 499 g/mol. The van der Waals surface area contributed by atoms with E-state index in [9.17, 15) is 43.6 Å². The van der Waals surface area contributed by atoms with Crippen LogP contribution in [0.15, 0.2) is 18.2 Å². The van der Waals surface area contributed by atoms with Crippen LogP contribution in [0.1, 0.15) is 42.5 Å². The molecular formula is C21H29FN6O9. The molecule has 1 aromatic rings. The predicted octanol–water partition coefficient (Wildman–Crippen LogP) is -1.73. The molecule has 1 aromatic carbocycles. The monoisotopic (exact) mass is 528 g/mol. The largest absolute Gasteiger partial charge is 0.481 e. The van der Waals surface area contributed by atoms with E-state index in [2.05, 4.69) is 16.0 Å². The average Bonchev–Trinajstić information content (AvgIpc) is 2.83. The fourth-order valence-electron chi connectivity index (χ4n) is 3.09. The number of hydrogen-bond donors (Lipinski definition) is 7. The Morgan fingerprint density at radius 3 is 2.11 bits per heavy atom. The number of carboxylic acids is 1. The van der Waals surface area contributed by atoms with Gasteiger partial charge in [0.2, 0.25) is 17.7 Å². The zero-order chi connectivity index (χ0) is 28.1. The van der Waals surface area contributed by atoms with Crippen LogP contribution in [0.2, 0.25) is 0 Å². The zero-order valence-corrected chi connectivity index (χ0v) is 19.6. The van der Waals surface area contributed by atoms with Gasteiger partial charge in [0.15, 0.2) is 0 Å². The van der Waals surface area contributed by atoms with Crippen molar-refractivity contribution in [1.82, 2.24) is 16.0 Å². The number of non-ortho nitro benzene ring substituents is 1. The van der Waals surface area contributed by atoms with Crippen LogP contribution in [0.25, 0.3) is 0 Å². The second kappa shape index (κ2) is 15.0. The molecule has 0 saturated heterocycles. The Kier molecular flexibility index (Phi) is 12.5. The number of rotatable bonds is 16. The number of primary amides is 1. The Labute approximate surface area is 209 Å². The molecule has 4 amide bonds. The smallest absolute Gasteiger partial charge is 0.303 e. The first-order valence-electron chi connectivity index (χ1n) is 11.1. The van der Waals surface area contributed by atoms with Crippen LogP contribution in [0.3, 0.4) is 0 Å². The Morgan fingerprint density at radius 1 is 1.00 bits per heavy atom. The number of nitrogens with one attached hydrogen (secondary N) is 3. The number of nitrogens with two attached hydrogens (primary N) is 2. The number of nitro groups is 1. The molecule has 9 N–H and O–H groups in total. The van der Waals surface area contributed by atoms with Crippen LogP contribution in [0.5, 0.6) is 0 Å². The van der Waals surface area contributed by atoms with Gasteiger partial charge in [-0.1, -0.05) is 0 Å². The number of nitro benzene ring substituents is 1. The predicted molar refractivity (Wildman–Crippen MR) is 124 cm³/mol. The van der Waals surface area contributed by atoms with Gasteiger partial charge in [0, 0.05) is 18.6 Å². The van der Waals surface area contributed by atoms with Crippen LogP contribution >= 0.6 is 0 Å². The number of benzene rings is 1. The number of carboxylic acid groups (broad SMARTS) is 1. The second-order valence-electron chi connectivity index (χ2n) is 7.87. The number of aliphatic hydroxyl groups is 1. The summed E-state index contributed by atoms with van der Waals surface area (Å²) in [4.78, 5) is 70.7. The molecule has 204 valence electrons. The van der Waals surface area contributed by atoms with Gasteiger partial charge in [-0.3, -0.25) is 34.1 Å². The molecule has 37 heavy (non-hydrogen) atoms. The summed E-state index contributed by atoms with van der Waals surface area (Å²) in [6.07, 6.45) is -0.246. The normalized spacial score (nSPS) is 13.1. The molecule has 0 aromatic heterocycles. The number of carbonyl (C=O) groups is 5. The highest BCUT2D eigenvalue weighted by Gasteiger charge is 2.30. The molecule has 0 aliphatic rings. The van der Waals surface area contributed by atoms with E-state index in [4.69, 9.17) is 16.6 Å². The van der Waals surface area contributed by atoms with Crippen LogP contribution in [-0.2, 0) is 19.2 Å². The fraction of sp³-hybridized carbons (Fsp3) is 0.476. The van der Waals surface area contributed by atoms with E-state index in [0.717, 1.165) is 6.07 Å². The minimum Gasteiger partial charge on any atom is -0.481 e. The van der Waals surface area contributed by atoms with Crippen LogP contribution < -0.4 is 27.4 Å². The van der Waals surface area contributed by atoms with Gasteiger partial charge in [0.05, 0.1) is 17.1 Å². The average molecular weight is 528 g/mol. The third-order valence-electron chi connectivity index (χ3n) is 5.10. The maximum atomic E-state index is 14.2. The molecule has 0 saturated carbocycles. The van der Waals surface area contributed by atoms with Crippen LogP contribution in [0.4, 0.5) is 10.1 Å². The van der Waals surface area contributed by atoms with Crippen molar-refractivity contribution in [3.05, 3.63) is 39.7 Å². The van der Waals surface area contributed by atoms with Crippen molar-refractivity contribution >= 4 is 35.3 Å². The Hall–Kier alpha value is -4.18. The second-order valence-corrected chi connectivity index (χ2v) is 7.87. The molecule has 0 heterocycles. The lowest BCUT2D eigenvalue weighted by Crippen LogP contribution is -2.57. The minimum absolute atomic E-state index is 0.0186. The summed E-state index contributed by atoms with van der Waals surface area (Å²) in [6, 6.07) is -2.16. The highest BCUT2D eigenvalue weighted by Crippen LogP contribution is 2.17. The van der Waals surface area contributed by atoms with Crippen molar-refractivity contribution in [2.24, 2.45) is 11.5 Å². The lowest BCUT2D eigenvalue weighted by atomic mass is 10.1. The van der Waals surface area contributed by atoms with Crippen molar-refractivity contribution in [2.45, 2.75) is 50.2 Å². The number of aliphatic carboxylic acids is 1. The summed E-state index contributed by atoms with van der Waals surface area (Å²) in [5.74, 6) is -6.62. The molecule has 0 spiro atoms. The number of halogens is 1. The third kappa shape index (κ3) is 10.1. The summed E-state index contributed by atoms with van der Waals surface area (Å²) in [5.41, 5.74) is 9.18. The standard InChI is InChI=1S/C21H29FN6O9/c22-13-5-4-11(28(36)37)9-12(13)19(33)25-15(6-7-17(30)31)21(35)26-14(3-1-2-8-23)20(34)27-16(10-29)18(24)32/h4-5,9,14-16,29H,1-3,6-8,10,23H2,(H2,24,32)(H,25,33)(H,26,35)(H,27,34)(H,30,31)/t14?,15?,16-/m0/s1. The van der Waals surface area contributed by atoms with Gasteiger partial charge < -0.3 is 37.6 Å². The maximum absolute atomic E-state index is 14.2. The summed E-state index contributed by atoms with van der Waals surface area (Å²) >= 11 is 0. The van der Waals surface area contributed by atoms with E-state index in [0.29, 0.717) is 25.0 Å². The van der Waals surface area contributed by atoms with E-state index in [1.54, 1.807) is 0 Å². The van der Waals surface area contributed by atoms with Gasteiger partial charge in [0.1, 0.15) is 23.9 Å². The van der Waals surface area contributed by atoms with Gasteiger partial charge in [-0.2, -0.15) is 0 Å². The number of unbranched alkanes of at least 4 members (excludes halogenated alkanes) is 1. The molecule has 0 fully saturated rings. The molecule has 0 radical (unpaired) electrons. The Balaban J connectivity index is 3.15. The molecule has 0 bridgehead atoms. The number of hydrogen-bond acceptors (Lipinski definition) is 9. The summed E-state index contributed by atoms with van der Waals surface area (Å²) in [7, 11) is 0. The van der Waals surface area contributed by atoms with E-state index < -0.39 is 89.2 Å². The van der Waals surface area contributed by atoms with E-state index in [1.807, 2.05) is 0 Å². The molecule has 2 unspecified atom stereocenters.